The average molecular weight is 438 g/mol. The number of urea groups is 1. The van der Waals surface area contributed by atoms with E-state index in [2.05, 4.69) is 29.4 Å². The van der Waals surface area contributed by atoms with Gasteiger partial charge in [-0.15, -0.1) is 0 Å². The highest BCUT2D eigenvalue weighted by atomic mass is 16.4. The number of aliphatic carboxylic acids is 1. The molecule has 0 aliphatic rings. The molecular formula is C26H35N3O3. The molecule has 6 nitrogen and oxygen atoms in total. The van der Waals surface area contributed by atoms with Crippen molar-refractivity contribution in [2.24, 2.45) is 0 Å². The number of nitrogens with zero attached hydrogens (tertiary/aromatic N) is 1. The van der Waals surface area contributed by atoms with Gasteiger partial charge < -0.3 is 20.6 Å². The SMILES string of the molecule is CCCCN(CCCC)c1ccc(C(C)=CC(=O)O)cc1NC(=O)Nc1ccc(C)cc1. The summed E-state index contributed by atoms with van der Waals surface area (Å²) in [5, 5.41) is 15.0. The molecule has 0 saturated heterocycles. The van der Waals surface area contributed by atoms with Crippen LogP contribution in [-0.2, 0) is 4.79 Å². The number of allylic oxidation sites excluding steroid dienone is 1. The van der Waals surface area contributed by atoms with Crippen molar-refractivity contribution < 1.29 is 14.7 Å². The summed E-state index contributed by atoms with van der Waals surface area (Å²) in [7, 11) is 0. The summed E-state index contributed by atoms with van der Waals surface area (Å²) in [6.07, 6.45) is 5.45. The zero-order valence-corrected chi connectivity index (χ0v) is 19.6. The molecule has 0 unspecified atom stereocenters. The molecule has 0 saturated carbocycles. The van der Waals surface area contributed by atoms with Crippen LogP contribution >= 0.6 is 0 Å². The number of carboxylic acids is 1. The predicted molar refractivity (Wildman–Crippen MR) is 134 cm³/mol. The lowest BCUT2D eigenvalue weighted by Crippen LogP contribution is -2.28. The van der Waals surface area contributed by atoms with Crippen molar-refractivity contribution in [1.29, 1.82) is 0 Å². The van der Waals surface area contributed by atoms with Crippen LogP contribution < -0.4 is 15.5 Å². The minimum Gasteiger partial charge on any atom is -0.478 e. The number of unbranched alkanes of at least 4 members (excludes halogenated alkanes) is 2. The number of aryl methyl sites for hydroxylation is 1. The molecule has 0 fully saturated rings. The van der Waals surface area contributed by atoms with Crippen LogP contribution in [0, 0.1) is 6.92 Å². The first-order valence-corrected chi connectivity index (χ1v) is 11.3. The summed E-state index contributed by atoms with van der Waals surface area (Å²) >= 11 is 0. The van der Waals surface area contributed by atoms with Crippen molar-refractivity contribution in [3.05, 3.63) is 59.7 Å². The Bertz CT molecular complexity index is 928. The van der Waals surface area contributed by atoms with Crippen molar-refractivity contribution >= 4 is 34.6 Å². The van der Waals surface area contributed by atoms with E-state index in [1.807, 2.05) is 49.4 Å². The van der Waals surface area contributed by atoms with E-state index in [0.29, 0.717) is 16.9 Å². The van der Waals surface area contributed by atoms with Crippen molar-refractivity contribution in [2.75, 3.05) is 28.6 Å². The monoisotopic (exact) mass is 437 g/mol. The first-order chi connectivity index (χ1) is 15.3. The molecule has 2 aromatic rings. The van der Waals surface area contributed by atoms with Gasteiger partial charge in [0, 0.05) is 24.9 Å². The Morgan fingerprint density at radius 2 is 1.59 bits per heavy atom. The van der Waals surface area contributed by atoms with Gasteiger partial charge in [-0.2, -0.15) is 0 Å². The smallest absolute Gasteiger partial charge is 0.328 e. The highest BCUT2D eigenvalue weighted by Crippen LogP contribution is 2.31. The van der Waals surface area contributed by atoms with E-state index >= 15 is 0 Å². The van der Waals surface area contributed by atoms with Crippen LogP contribution in [0.5, 0.6) is 0 Å². The molecule has 0 spiro atoms. The number of carbonyl (C=O) groups excluding carboxylic acids is 1. The molecule has 2 amide bonds. The lowest BCUT2D eigenvalue weighted by molar-refractivity contribution is -0.131. The predicted octanol–water partition coefficient (Wildman–Crippen LogP) is 6.53. The minimum absolute atomic E-state index is 0.335. The van der Waals surface area contributed by atoms with Gasteiger partial charge in [0.05, 0.1) is 11.4 Å². The number of rotatable bonds is 11. The maximum Gasteiger partial charge on any atom is 0.328 e. The second-order valence-corrected chi connectivity index (χ2v) is 8.04. The molecule has 6 heteroatoms. The van der Waals surface area contributed by atoms with Crippen LogP contribution in [0.1, 0.15) is 57.6 Å². The third-order valence-corrected chi connectivity index (χ3v) is 5.25. The summed E-state index contributed by atoms with van der Waals surface area (Å²) in [5.41, 5.74) is 4.82. The average Bonchev–Trinajstić information content (AvgIpc) is 2.75. The van der Waals surface area contributed by atoms with Gasteiger partial charge in [0.1, 0.15) is 0 Å². The summed E-state index contributed by atoms with van der Waals surface area (Å²) < 4.78 is 0. The number of nitrogens with one attached hydrogen (secondary N) is 2. The number of carboxylic acid groups (broad SMARTS) is 1. The van der Waals surface area contributed by atoms with Crippen LogP contribution in [0.25, 0.3) is 5.57 Å². The molecular weight excluding hydrogens is 402 g/mol. The molecule has 0 heterocycles. The van der Waals surface area contributed by atoms with E-state index in [-0.39, 0.29) is 6.03 Å². The summed E-state index contributed by atoms with van der Waals surface area (Å²) in [5.74, 6) is -0.995. The maximum absolute atomic E-state index is 12.8. The standard InChI is InChI=1S/C26H35N3O3/c1-5-7-15-29(16-8-6-2)24-14-11-21(20(4)17-25(30)31)18-23(24)28-26(32)27-22-12-9-19(3)10-13-22/h9-14,17-18H,5-8,15-16H2,1-4H3,(H,30,31)(H2,27,28,32). The van der Waals surface area contributed by atoms with Gasteiger partial charge in [-0.05, 0) is 62.1 Å². The van der Waals surface area contributed by atoms with E-state index in [9.17, 15) is 9.59 Å². The summed E-state index contributed by atoms with van der Waals surface area (Å²) in [6, 6.07) is 13.0. The molecule has 0 radical (unpaired) electrons. The number of anilines is 3. The van der Waals surface area contributed by atoms with Crippen molar-refractivity contribution in [3.63, 3.8) is 0 Å². The normalized spacial score (nSPS) is 11.2. The van der Waals surface area contributed by atoms with Crippen molar-refractivity contribution in [2.45, 2.75) is 53.4 Å². The third-order valence-electron chi connectivity index (χ3n) is 5.25. The van der Waals surface area contributed by atoms with Crippen LogP contribution in [0.4, 0.5) is 21.9 Å². The number of hydrogen-bond acceptors (Lipinski definition) is 3. The Morgan fingerprint density at radius 1 is 0.969 bits per heavy atom. The van der Waals surface area contributed by atoms with Gasteiger partial charge in [0.15, 0.2) is 0 Å². The molecule has 0 aromatic heterocycles. The molecule has 0 aliphatic carbocycles. The van der Waals surface area contributed by atoms with Gasteiger partial charge in [-0.3, -0.25) is 0 Å². The first kappa shape index (κ1) is 25.0. The highest BCUT2D eigenvalue weighted by Gasteiger charge is 2.15. The third kappa shape index (κ3) is 7.76. The lowest BCUT2D eigenvalue weighted by atomic mass is 10.0. The van der Waals surface area contributed by atoms with E-state index in [1.165, 1.54) is 6.08 Å². The Morgan fingerprint density at radius 3 is 2.16 bits per heavy atom. The number of benzene rings is 2. The van der Waals surface area contributed by atoms with Gasteiger partial charge >= 0.3 is 12.0 Å². The summed E-state index contributed by atoms with van der Waals surface area (Å²) in [6.45, 7) is 9.87. The number of hydrogen-bond donors (Lipinski definition) is 3. The molecule has 2 aromatic carbocycles. The Balaban J connectivity index is 2.37. The highest BCUT2D eigenvalue weighted by molar-refractivity contribution is 6.02. The van der Waals surface area contributed by atoms with Crippen LogP contribution in [0.15, 0.2) is 48.5 Å². The lowest BCUT2D eigenvalue weighted by Gasteiger charge is -2.28. The van der Waals surface area contributed by atoms with Gasteiger partial charge in [0.25, 0.3) is 0 Å². The molecule has 3 N–H and O–H groups in total. The second kappa shape index (κ2) is 12.5. The zero-order valence-electron chi connectivity index (χ0n) is 19.6. The molecule has 172 valence electrons. The van der Waals surface area contributed by atoms with Gasteiger partial charge in [-0.25, -0.2) is 9.59 Å². The quantitative estimate of drug-likeness (QED) is 0.349. The fraction of sp³-hybridized carbons (Fsp3) is 0.385. The maximum atomic E-state index is 12.8. The Labute approximate surface area is 191 Å². The number of carbonyl (C=O) groups is 2. The largest absolute Gasteiger partial charge is 0.478 e. The van der Waals surface area contributed by atoms with Crippen molar-refractivity contribution in [1.82, 2.24) is 0 Å². The first-order valence-electron chi connectivity index (χ1n) is 11.3. The van der Waals surface area contributed by atoms with Crippen molar-refractivity contribution in [3.8, 4) is 0 Å². The van der Waals surface area contributed by atoms with Crippen LogP contribution in [0.2, 0.25) is 0 Å². The topological polar surface area (TPSA) is 81.7 Å². The van der Waals surface area contributed by atoms with Crippen LogP contribution in [-0.4, -0.2) is 30.2 Å². The molecule has 0 atom stereocenters. The fourth-order valence-corrected chi connectivity index (χ4v) is 3.40. The summed E-state index contributed by atoms with van der Waals surface area (Å²) in [4.78, 5) is 26.2. The van der Waals surface area contributed by atoms with Gasteiger partial charge in [-0.1, -0.05) is 50.5 Å². The number of amides is 2. The second-order valence-electron chi connectivity index (χ2n) is 8.04. The molecule has 0 aliphatic heterocycles. The van der Waals surface area contributed by atoms with Gasteiger partial charge in [0.2, 0.25) is 0 Å². The van der Waals surface area contributed by atoms with E-state index in [1.54, 1.807) is 6.92 Å². The molecule has 2 rings (SSSR count). The fourth-order valence-electron chi connectivity index (χ4n) is 3.40. The zero-order chi connectivity index (χ0) is 23.5. The minimum atomic E-state index is -0.995. The Hall–Kier alpha value is -3.28. The van der Waals surface area contributed by atoms with E-state index in [4.69, 9.17) is 5.11 Å². The van der Waals surface area contributed by atoms with E-state index in [0.717, 1.165) is 55.6 Å². The Kier molecular flexibility index (Phi) is 9.79. The van der Waals surface area contributed by atoms with Crippen LogP contribution in [0.3, 0.4) is 0 Å². The molecule has 32 heavy (non-hydrogen) atoms. The van der Waals surface area contributed by atoms with E-state index < -0.39 is 5.97 Å². The molecule has 0 bridgehead atoms.